The van der Waals surface area contributed by atoms with Crippen molar-refractivity contribution in [2.45, 2.75) is 19.5 Å². The van der Waals surface area contributed by atoms with Crippen LogP contribution in [0.25, 0.3) is 0 Å². The number of carbonyl (C=O) groups excluding carboxylic acids is 2. The monoisotopic (exact) mass is 396 g/mol. The molecule has 1 atom stereocenters. The second kappa shape index (κ2) is 9.54. The van der Waals surface area contributed by atoms with Crippen LogP contribution >= 0.6 is 0 Å². The van der Waals surface area contributed by atoms with Crippen LogP contribution in [-0.2, 0) is 16.1 Å². The Hall–Kier alpha value is -2.90. The van der Waals surface area contributed by atoms with E-state index < -0.39 is 11.9 Å². The fraction of sp³-hybridized carbons (Fsp3) is 0.364. The minimum absolute atomic E-state index is 0.101. The maximum absolute atomic E-state index is 12.6. The average Bonchev–Trinajstić information content (AvgIpc) is 2.70. The second-order valence-corrected chi connectivity index (χ2v) is 7.36. The summed E-state index contributed by atoms with van der Waals surface area (Å²) in [5.41, 5.74) is 8.48. The molecule has 0 spiro atoms. The van der Waals surface area contributed by atoms with Crippen LogP contribution in [0.4, 0.5) is 5.69 Å². The van der Waals surface area contributed by atoms with E-state index in [0.29, 0.717) is 24.5 Å². The van der Waals surface area contributed by atoms with E-state index in [1.54, 1.807) is 7.11 Å². The fourth-order valence-corrected chi connectivity index (χ4v) is 3.62. The second-order valence-electron chi connectivity index (χ2n) is 7.36. The largest absolute Gasteiger partial charge is 0.495 e. The van der Waals surface area contributed by atoms with Gasteiger partial charge in [-0.2, -0.15) is 0 Å². The number of ether oxygens (including phenoxy) is 1. The molecule has 1 aliphatic rings. The zero-order chi connectivity index (χ0) is 20.8. The number of nitrogens with two attached hydrogens (primary N) is 1. The highest BCUT2D eigenvalue weighted by Gasteiger charge is 2.32. The molecule has 1 aliphatic heterocycles. The summed E-state index contributed by atoms with van der Waals surface area (Å²) < 4.78 is 5.31. The predicted octanol–water partition coefficient (Wildman–Crippen LogP) is 1.61. The average molecular weight is 396 g/mol. The van der Waals surface area contributed by atoms with Crippen LogP contribution in [0, 0.1) is 6.92 Å². The number of anilines is 1. The van der Waals surface area contributed by atoms with E-state index >= 15 is 0 Å². The molecule has 2 amide bonds. The lowest BCUT2D eigenvalue weighted by Crippen LogP contribution is -2.59. The number of nitrogens with one attached hydrogen (secondary N) is 1. The Bertz CT molecular complexity index is 856. The molecule has 2 aromatic carbocycles. The molecule has 0 aliphatic carbocycles. The summed E-state index contributed by atoms with van der Waals surface area (Å²) in [5.74, 6) is -0.0107. The molecule has 29 heavy (non-hydrogen) atoms. The Morgan fingerprint density at radius 2 is 1.93 bits per heavy atom. The van der Waals surface area contributed by atoms with Crippen LogP contribution in [-0.4, -0.2) is 60.9 Å². The SMILES string of the molecule is COc1ccc(C)cc1NC(=O)CN1CCN(Cc2ccccc2)C[C@@H]1C(N)=O. The number of hydrogen-bond acceptors (Lipinski definition) is 5. The molecule has 2 aromatic rings. The van der Waals surface area contributed by atoms with Gasteiger partial charge in [-0.3, -0.25) is 19.4 Å². The summed E-state index contributed by atoms with van der Waals surface area (Å²) in [5, 5.41) is 2.89. The number of carbonyl (C=O) groups is 2. The number of aryl methyl sites for hydroxylation is 1. The molecule has 1 heterocycles. The third-order valence-electron chi connectivity index (χ3n) is 5.13. The van der Waals surface area contributed by atoms with Gasteiger partial charge in [0.05, 0.1) is 19.3 Å². The maximum Gasteiger partial charge on any atom is 0.238 e. The topological polar surface area (TPSA) is 87.9 Å². The van der Waals surface area contributed by atoms with Crippen molar-refractivity contribution in [1.82, 2.24) is 9.80 Å². The van der Waals surface area contributed by atoms with E-state index in [0.717, 1.165) is 18.7 Å². The van der Waals surface area contributed by atoms with Crippen molar-refractivity contribution >= 4 is 17.5 Å². The standard InChI is InChI=1S/C22H28N4O3/c1-16-8-9-20(29-2)18(12-16)24-21(27)15-26-11-10-25(14-19(26)22(23)28)13-17-6-4-3-5-7-17/h3-9,12,19H,10-11,13-15H2,1-2H3,(H2,23,28)(H,24,27)/t19-/m1/s1. The number of methoxy groups -OCH3 is 1. The Kier molecular flexibility index (Phi) is 6.85. The lowest BCUT2D eigenvalue weighted by molar-refractivity contribution is -0.127. The highest BCUT2D eigenvalue weighted by Crippen LogP contribution is 2.25. The smallest absolute Gasteiger partial charge is 0.238 e. The molecule has 0 aromatic heterocycles. The van der Waals surface area contributed by atoms with E-state index in [9.17, 15) is 9.59 Å². The van der Waals surface area contributed by atoms with E-state index in [2.05, 4.69) is 22.3 Å². The number of benzene rings is 2. The normalized spacial score (nSPS) is 17.7. The summed E-state index contributed by atoms with van der Waals surface area (Å²) in [6, 6.07) is 15.2. The first-order chi connectivity index (χ1) is 14.0. The van der Waals surface area contributed by atoms with Gasteiger partial charge in [0.15, 0.2) is 0 Å². The van der Waals surface area contributed by atoms with Crippen molar-refractivity contribution in [2.75, 3.05) is 38.6 Å². The highest BCUT2D eigenvalue weighted by atomic mass is 16.5. The summed E-state index contributed by atoms with van der Waals surface area (Å²) in [4.78, 5) is 28.7. The molecule has 3 N–H and O–H groups in total. The van der Waals surface area contributed by atoms with Crippen molar-refractivity contribution in [3.63, 3.8) is 0 Å². The number of piperazine rings is 1. The Morgan fingerprint density at radius 3 is 2.62 bits per heavy atom. The van der Waals surface area contributed by atoms with Gasteiger partial charge in [0.1, 0.15) is 11.8 Å². The minimum Gasteiger partial charge on any atom is -0.495 e. The van der Waals surface area contributed by atoms with Gasteiger partial charge in [0.2, 0.25) is 11.8 Å². The number of primary amides is 1. The molecule has 154 valence electrons. The molecule has 0 saturated carbocycles. The lowest BCUT2D eigenvalue weighted by atomic mass is 10.1. The van der Waals surface area contributed by atoms with Crippen molar-refractivity contribution in [3.05, 3.63) is 59.7 Å². The van der Waals surface area contributed by atoms with Gasteiger partial charge in [0, 0.05) is 26.2 Å². The van der Waals surface area contributed by atoms with E-state index in [1.807, 2.05) is 48.2 Å². The first kappa shape index (κ1) is 20.8. The summed E-state index contributed by atoms with van der Waals surface area (Å²) in [6.07, 6.45) is 0. The van der Waals surface area contributed by atoms with Crippen LogP contribution in [0.5, 0.6) is 5.75 Å². The summed E-state index contributed by atoms with van der Waals surface area (Å²) >= 11 is 0. The van der Waals surface area contributed by atoms with E-state index in [4.69, 9.17) is 10.5 Å². The van der Waals surface area contributed by atoms with Crippen LogP contribution in [0.1, 0.15) is 11.1 Å². The third kappa shape index (κ3) is 5.56. The lowest BCUT2D eigenvalue weighted by Gasteiger charge is -2.39. The molecule has 3 rings (SSSR count). The molecule has 1 fully saturated rings. The molecule has 1 saturated heterocycles. The van der Waals surface area contributed by atoms with E-state index in [1.165, 1.54) is 5.56 Å². The van der Waals surface area contributed by atoms with E-state index in [-0.39, 0.29) is 12.5 Å². The molecular formula is C22H28N4O3. The van der Waals surface area contributed by atoms with Crippen LogP contribution in [0.3, 0.4) is 0 Å². The third-order valence-corrected chi connectivity index (χ3v) is 5.13. The Balaban J connectivity index is 1.62. The van der Waals surface area contributed by atoms with Crippen molar-refractivity contribution in [1.29, 1.82) is 0 Å². The van der Waals surface area contributed by atoms with Gasteiger partial charge in [-0.15, -0.1) is 0 Å². The quantitative estimate of drug-likeness (QED) is 0.743. The van der Waals surface area contributed by atoms with Gasteiger partial charge in [-0.25, -0.2) is 0 Å². The van der Waals surface area contributed by atoms with Crippen LogP contribution in [0.15, 0.2) is 48.5 Å². The summed E-state index contributed by atoms with van der Waals surface area (Å²) in [6.45, 7) is 4.67. The molecule has 0 bridgehead atoms. The Labute approximate surface area is 171 Å². The van der Waals surface area contributed by atoms with Gasteiger partial charge in [0.25, 0.3) is 0 Å². The molecule has 0 unspecified atom stereocenters. The maximum atomic E-state index is 12.6. The zero-order valence-electron chi connectivity index (χ0n) is 16.9. The summed E-state index contributed by atoms with van der Waals surface area (Å²) in [7, 11) is 1.56. The molecule has 7 heteroatoms. The van der Waals surface area contributed by atoms with Crippen molar-refractivity contribution in [3.8, 4) is 5.75 Å². The van der Waals surface area contributed by atoms with Gasteiger partial charge < -0.3 is 15.8 Å². The van der Waals surface area contributed by atoms with Gasteiger partial charge >= 0.3 is 0 Å². The number of hydrogen-bond donors (Lipinski definition) is 2. The molecule has 0 radical (unpaired) electrons. The zero-order valence-corrected chi connectivity index (χ0v) is 16.9. The van der Waals surface area contributed by atoms with Crippen LogP contribution < -0.4 is 15.8 Å². The van der Waals surface area contributed by atoms with Crippen molar-refractivity contribution in [2.24, 2.45) is 5.73 Å². The van der Waals surface area contributed by atoms with Crippen molar-refractivity contribution < 1.29 is 14.3 Å². The highest BCUT2D eigenvalue weighted by molar-refractivity contribution is 5.94. The molecule has 7 nitrogen and oxygen atoms in total. The first-order valence-electron chi connectivity index (χ1n) is 9.70. The fourth-order valence-electron chi connectivity index (χ4n) is 3.62. The number of rotatable bonds is 7. The van der Waals surface area contributed by atoms with Gasteiger partial charge in [-0.1, -0.05) is 36.4 Å². The predicted molar refractivity (Wildman–Crippen MR) is 113 cm³/mol. The van der Waals surface area contributed by atoms with Crippen LogP contribution in [0.2, 0.25) is 0 Å². The molecular weight excluding hydrogens is 368 g/mol. The number of nitrogens with zero attached hydrogens (tertiary/aromatic N) is 2. The minimum atomic E-state index is -0.502. The van der Waals surface area contributed by atoms with Gasteiger partial charge in [-0.05, 0) is 30.2 Å². The Morgan fingerprint density at radius 1 is 1.17 bits per heavy atom. The first-order valence-corrected chi connectivity index (χ1v) is 9.70. The number of amides is 2.